The first-order valence-electron chi connectivity index (χ1n) is 6.45. The molecule has 2 N–H and O–H groups in total. The minimum atomic E-state index is -0.978. The molecule has 0 aliphatic rings. The third-order valence-electron chi connectivity index (χ3n) is 3.22. The number of carbonyl (C=O) groups is 1. The Morgan fingerprint density at radius 2 is 2.05 bits per heavy atom. The number of para-hydroxylation sites is 1. The minimum Gasteiger partial charge on any atom is -0.481 e. The molecule has 2 aromatic heterocycles. The number of rotatable bonds is 3. The van der Waals surface area contributed by atoms with Crippen molar-refractivity contribution in [2.24, 2.45) is 0 Å². The molecular formula is C15H13N3O3. The lowest BCUT2D eigenvalue weighted by Gasteiger charge is -1.99. The fourth-order valence-electron chi connectivity index (χ4n) is 2.39. The van der Waals surface area contributed by atoms with Crippen LogP contribution in [0.25, 0.3) is 16.7 Å². The normalized spacial score (nSPS) is 10.9. The van der Waals surface area contributed by atoms with Crippen LogP contribution in [0, 0.1) is 6.92 Å². The molecule has 6 nitrogen and oxygen atoms in total. The monoisotopic (exact) mass is 283 g/mol. The molecule has 0 fully saturated rings. The molecule has 0 aliphatic carbocycles. The maximum absolute atomic E-state index is 12.5. The zero-order valence-electron chi connectivity index (χ0n) is 11.3. The van der Waals surface area contributed by atoms with Gasteiger partial charge in [-0.25, -0.2) is 9.67 Å². The summed E-state index contributed by atoms with van der Waals surface area (Å²) in [7, 11) is 0. The van der Waals surface area contributed by atoms with Gasteiger partial charge in [-0.1, -0.05) is 18.2 Å². The number of H-pyrrole nitrogens is 1. The molecule has 0 bridgehead atoms. The number of aromatic nitrogens is 3. The van der Waals surface area contributed by atoms with Crippen molar-refractivity contribution >= 4 is 17.0 Å². The number of carboxylic acid groups (broad SMARTS) is 1. The van der Waals surface area contributed by atoms with Gasteiger partial charge in [-0.2, -0.15) is 0 Å². The van der Waals surface area contributed by atoms with E-state index in [1.807, 2.05) is 18.2 Å². The quantitative estimate of drug-likeness (QED) is 0.765. The molecule has 0 aliphatic heterocycles. The summed E-state index contributed by atoms with van der Waals surface area (Å²) in [5.74, 6) is -0.978. The van der Waals surface area contributed by atoms with Crippen LogP contribution in [-0.4, -0.2) is 25.8 Å². The maximum Gasteiger partial charge on any atom is 0.307 e. The Balaban J connectivity index is 2.30. The van der Waals surface area contributed by atoms with Crippen LogP contribution in [0.5, 0.6) is 0 Å². The summed E-state index contributed by atoms with van der Waals surface area (Å²) in [5.41, 5.74) is 1.93. The summed E-state index contributed by atoms with van der Waals surface area (Å²) in [4.78, 5) is 27.8. The average molecular weight is 283 g/mol. The number of nitrogens with zero attached hydrogens (tertiary/aromatic N) is 2. The van der Waals surface area contributed by atoms with Crippen LogP contribution >= 0.6 is 0 Å². The van der Waals surface area contributed by atoms with Crippen molar-refractivity contribution in [1.29, 1.82) is 0 Å². The third-order valence-corrected chi connectivity index (χ3v) is 3.22. The molecule has 3 rings (SSSR count). The Morgan fingerprint density at radius 1 is 1.33 bits per heavy atom. The first-order chi connectivity index (χ1) is 10.1. The molecule has 106 valence electrons. The summed E-state index contributed by atoms with van der Waals surface area (Å²) in [5, 5.41) is 12.3. The van der Waals surface area contributed by atoms with Gasteiger partial charge in [0.2, 0.25) is 0 Å². The Hall–Kier alpha value is -2.89. The van der Waals surface area contributed by atoms with Crippen molar-refractivity contribution in [2.75, 3.05) is 0 Å². The molecule has 0 unspecified atom stereocenters. The number of nitrogens with one attached hydrogen (secondary N) is 1. The summed E-state index contributed by atoms with van der Waals surface area (Å²) >= 11 is 0. The highest BCUT2D eigenvalue weighted by atomic mass is 16.4. The average Bonchev–Trinajstić information content (AvgIpc) is 2.76. The van der Waals surface area contributed by atoms with Crippen LogP contribution in [0.3, 0.4) is 0 Å². The first kappa shape index (κ1) is 13.1. The van der Waals surface area contributed by atoms with Gasteiger partial charge in [0.25, 0.3) is 5.56 Å². The number of aliphatic carboxylic acids is 1. The minimum absolute atomic E-state index is 0.207. The van der Waals surface area contributed by atoms with E-state index in [0.29, 0.717) is 28.0 Å². The molecular weight excluding hydrogens is 270 g/mol. The fraction of sp³-hybridized carbons (Fsp3) is 0.133. The highest BCUT2D eigenvalue weighted by Crippen LogP contribution is 2.16. The molecule has 0 saturated heterocycles. The lowest BCUT2D eigenvalue weighted by molar-refractivity contribution is -0.136. The van der Waals surface area contributed by atoms with Crippen molar-refractivity contribution in [3.05, 3.63) is 58.0 Å². The number of fused-ring (bicyclic) bond motifs is 1. The summed E-state index contributed by atoms with van der Waals surface area (Å²) in [6.45, 7) is 1.77. The molecule has 21 heavy (non-hydrogen) atoms. The largest absolute Gasteiger partial charge is 0.481 e. The molecule has 0 radical (unpaired) electrons. The molecule has 6 heteroatoms. The second kappa shape index (κ2) is 4.90. The molecule has 0 atom stereocenters. The van der Waals surface area contributed by atoms with Crippen LogP contribution in [-0.2, 0) is 11.2 Å². The van der Waals surface area contributed by atoms with Gasteiger partial charge in [0.05, 0.1) is 17.5 Å². The van der Waals surface area contributed by atoms with Gasteiger partial charge in [0.15, 0.2) is 5.65 Å². The van der Waals surface area contributed by atoms with E-state index in [0.717, 1.165) is 0 Å². The lowest BCUT2D eigenvalue weighted by Crippen LogP contribution is -2.15. The highest BCUT2D eigenvalue weighted by Gasteiger charge is 2.16. The van der Waals surface area contributed by atoms with Gasteiger partial charge in [0, 0.05) is 5.69 Å². The van der Waals surface area contributed by atoms with Crippen molar-refractivity contribution in [1.82, 2.24) is 14.8 Å². The number of hydrogen-bond acceptors (Lipinski definition) is 3. The zero-order chi connectivity index (χ0) is 15.0. The Labute approximate surface area is 119 Å². The number of pyridine rings is 1. The number of aromatic amines is 1. The van der Waals surface area contributed by atoms with Crippen molar-refractivity contribution in [3.8, 4) is 5.69 Å². The van der Waals surface area contributed by atoms with Gasteiger partial charge in [-0.05, 0) is 30.7 Å². The van der Waals surface area contributed by atoms with E-state index in [2.05, 4.69) is 10.1 Å². The van der Waals surface area contributed by atoms with Crippen LogP contribution in [0.1, 0.15) is 11.3 Å². The summed E-state index contributed by atoms with van der Waals surface area (Å²) in [6.07, 6.45) is -0.207. The predicted octanol–water partition coefficient (Wildman–Crippen LogP) is 1.65. The molecule has 0 amide bonds. The molecule has 0 saturated carbocycles. The summed E-state index contributed by atoms with van der Waals surface area (Å²) < 4.78 is 1.38. The topological polar surface area (TPSA) is 88.0 Å². The molecule has 3 aromatic rings. The van der Waals surface area contributed by atoms with Crippen LogP contribution in [0.15, 0.2) is 41.2 Å². The molecule has 0 spiro atoms. The summed E-state index contributed by atoms with van der Waals surface area (Å²) in [6, 6.07) is 10.7. The SMILES string of the molecule is Cc1cc(CC(=O)O)c2c(=O)n(-c3ccccc3)[nH]c2n1. The van der Waals surface area contributed by atoms with Crippen LogP contribution < -0.4 is 5.56 Å². The number of carboxylic acids is 1. The number of benzene rings is 1. The Kier molecular flexibility index (Phi) is 3.06. The van der Waals surface area contributed by atoms with E-state index in [4.69, 9.17) is 5.11 Å². The van der Waals surface area contributed by atoms with Gasteiger partial charge in [-0.15, -0.1) is 0 Å². The van der Waals surface area contributed by atoms with Gasteiger partial charge < -0.3 is 5.11 Å². The van der Waals surface area contributed by atoms with Gasteiger partial charge >= 0.3 is 5.97 Å². The van der Waals surface area contributed by atoms with Crippen molar-refractivity contribution < 1.29 is 9.90 Å². The van der Waals surface area contributed by atoms with E-state index in [1.165, 1.54) is 4.68 Å². The van der Waals surface area contributed by atoms with Gasteiger partial charge in [-0.3, -0.25) is 14.7 Å². The van der Waals surface area contributed by atoms with Crippen molar-refractivity contribution in [2.45, 2.75) is 13.3 Å². The highest BCUT2D eigenvalue weighted by molar-refractivity contribution is 5.83. The van der Waals surface area contributed by atoms with E-state index in [-0.39, 0.29) is 12.0 Å². The Morgan fingerprint density at radius 3 is 2.71 bits per heavy atom. The maximum atomic E-state index is 12.5. The van der Waals surface area contributed by atoms with Gasteiger partial charge in [0.1, 0.15) is 0 Å². The third kappa shape index (κ3) is 2.31. The van der Waals surface area contributed by atoms with E-state index < -0.39 is 5.97 Å². The smallest absolute Gasteiger partial charge is 0.307 e. The molecule has 2 heterocycles. The predicted molar refractivity (Wildman–Crippen MR) is 77.8 cm³/mol. The number of hydrogen-bond donors (Lipinski definition) is 2. The molecule has 1 aromatic carbocycles. The standard InChI is InChI=1S/C15H13N3O3/c1-9-7-10(8-12(19)20)13-14(16-9)17-18(15(13)21)11-5-3-2-4-6-11/h2-7H,8H2,1H3,(H,16,17)(H,19,20). The lowest BCUT2D eigenvalue weighted by atomic mass is 10.1. The van der Waals surface area contributed by atoms with E-state index in [9.17, 15) is 9.59 Å². The zero-order valence-corrected chi connectivity index (χ0v) is 11.3. The fourth-order valence-corrected chi connectivity index (χ4v) is 2.39. The van der Waals surface area contributed by atoms with E-state index >= 15 is 0 Å². The Bertz CT molecular complexity index is 878. The second-order valence-electron chi connectivity index (χ2n) is 4.80. The van der Waals surface area contributed by atoms with E-state index in [1.54, 1.807) is 25.1 Å². The second-order valence-corrected chi connectivity index (χ2v) is 4.80. The van der Waals surface area contributed by atoms with Crippen LogP contribution in [0.2, 0.25) is 0 Å². The van der Waals surface area contributed by atoms with Crippen molar-refractivity contribution in [3.63, 3.8) is 0 Å². The number of aryl methyl sites for hydroxylation is 1. The van der Waals surface area contributed by atoms with Crippen LogP contribution in [0.4, 0.5) is 0 Å². The first-order valence-corrected chi connectivity index (χ1v) is 6.45.